The molecule has 2 nitrogen and oxygen atoms in total. The molecular weight excluding hydrogens is 258 g/mol. The van der Waals surface area contributed by atoms with E-state index in [1.54, 1.807) is 0 Å². The number of halogens is 1. The second kappa shape index (κ2) is 7.28. The molecule has 1 aromatic rings. The molecular formula is C16H24ClNO. The van der Waals surface area contributed by atoms with Gasteiger partial charge in [-0.05, 0) is 36.0 Å². The Morgan fingerprint density at radius 1 is 1.37 bits per heavy atom. The van der Waals surface area contributed by atoms with E-state index in [0.717, 1.165) is 22.1 Å². The third kappa shape index (κ3) is 4.20. The zero-order chi connectivity index (χ0) is 13.7. The van der Waals surface area contributed by atoms with Gasteiger partial charge in [0.2, 0.25) is 0 Å². The normalized spacial score (nSPS) is 23.5. The average molecular weight is 282 g/mol. The van der Waals surface area contributed by atoms with E-state index in [1.165, 1.54) is 32.1 Å². The number of hydrogen-bond donors (Lipinski definition) is 1. The maximum absolute atomic E-state index is 6.25. The van der Waals surface area contributed by atoms with Crippen molar-refractivity contribution in [2.45, 2.75) is 58.3 Å². The Balaban J connectivity index is 1.88. The third-order valence-corrected chi connectivity index (χ3v) is 4.49. The number of ether oxygens (including phenoxy) is 1. The summed E-state index contributed by atoms with van der Waals surface area (Å²) in [6.45, 7) is 3.42. The van der Waals surface area contributed by atoms with Gasteiger partial charge >= 0.3 is 0 Å². The molecule has 0 heterocycles. The van der Waals surface area contributed by atoms with E-state index in [9.17, 15) is 0 Å². The lowest BCUT2D eigenvalue weighted by Crippen LogP contribution is -2.22. The van der Waals surface area contributed by atoms with Crippen LogP contribution in [0, 0.1) is 5.92 Å². The molecule has 2 unspecified atom stereocenters. The van der Waals surface area contributed by atoms with Crippen molar-refractivity contribution in [3.8, 4) is 0 Å². The SMILES string of the molecule is CCC1CCCC(OCc2ccc(CN)cc2Cl)C1. The van der Waals surface area contributed by atoms with Crippen LogP contribution >= 0.6 is 11.6 Å². The number of rotatable bonds is 5. The number of hydrogen-bond acceptors (Lipinski definition) is 2. The number of nitrogens with two attached hydrogens (primary N) is 1. The molecule has 0 saturated heterocycles. The minimum atomic E-state index is 0.406. The lowest BCUT2D eigenvalue weighted by Gasteiger charge is -2.28. The Labute approximate surface area is 121 Å². The van der Waals surface area contributed by atoms with Crippen molar-refractivity contribution in [1.82, 2.24) is 0 Å². The zero-order valence-electron chi connectivity index (χ0n) is 11.7. The predicted octanol–water partition coefficient (Wildman–Crippen LogP) is 4.28. The van der Waals surface area contributed by atoms with E-state index < -0.39 is 0 Å². The van der Waals surface area contributed by atoms with Crippen LogP contribution < -0.4 is 5.73 Å². The van der Waals surface area contributed by atoms with Crippen LogP contribution in [0.2, 0.25) is 5.02 Å². The minimum Gasteiger partial charge on any atom is -0.373 e. The fourth-order valence-electron chi connectivity index (χ4n) is 2.81. The summed E-state index contributed by atoms with van der Waals surface area (Å²) in [4.78, 5) is 0. The monoisotopic (exact) mass is 281 g/mol. The van der Waals surface area contributed by atoms with Gasteiger partial charge in [0.15, 0.2) is 0 Å². The van der Waals surface area contributed by atoms with Gasteiger partial charge in [0.25, 0.3) is 0 Å². The van der Waals surface area contributed by atoms with Crippen LogP contribution in [0.3, 0.4) is 0 Å². The molecule has 0 spiro atoms. The van der Waals surface area contributed by atoms with Crippen LogP contribution in [0.5, 0.6) is 0 Å². The topological polar surface area (TPSA) is 35.2 Å². The van der Waals surface area contributed by atoms with E-state index in [0.29, 0.717) is 19.3 Å². The molecule has 0 amide bonds. The van der Waals surface area contributed by atoms with Crippen molar-refractivity contribution in [1.29, 1.82) is 0 Å². The third-order valence-electron chi connectivity index (χ3n) is 4.14. The Hall–Kier alpha value is -0.570. The number of benzene rings is 1. The standard InChI is InChI=1S/C16H24ClNO/c1-2-12-4-3-5-15(8-12)19-11-14-7-6-13(10-18)9-16(14)17/h6-7,9,12,15H,2-5,8,10-11,18H2,1H3. The van der Waals surface area contributed by atoms with Crippen LogP contribution in [0.25, 0.3) is 0 Å². The van der Waals surface area contributed by atoms with E-state index in [1.807, 2.05) is 18.2 Å². The molecule has 0 radical (unpaired) electrons. The van der Waals surface area contributed by atoms with Gasteiger partial charge in [-0.2, -0.15) is 0 Å². The van der Waals surface area contributed by atoms with Gasteiger partial charge in [0, 0.05) is 11.6 Å². The van der Waals surface area contributed by atoms with Crippen molar-refractivity contribution in [2.24, 2.45) is 11.7 Å². The summed E-state index contributed by atoms with van der Waals surface area (Å²) < 4.78 is 6.04. The van der Waals surface area contributed by atoms with Gasteiger partial charge < -0.3 is 10.5 Å². The van der Waals surface area contributed by atoms with Crippen LogP contribution in [0.1, 0.15) is 50.2 Å². The van der Waals surface area contributed by atoms with Gasteiger partial charge in [-0.15, -0.1) is 0 Å². The predicted molar refractivity (Wildman–Crippen MR) is 80.2 cm³/mol. The maximum Gasteiger partial charge on any atom is 0.0735 e. The maximum atomic E-state index is 6.25. The quantitative estimate of drug-likeness (QED) is 0.874. The lowest BCUT2D eigenvalue weighted by molar-refractivity contribution is 0.00180. The summed E-state index contributed by atoms with van der Waals surface area (Å²) in [5.74, 6) is 0.842. The van der Waals surface area contributed by atoms with Crippen LogP contribution in [0.15, 0.2) is 18.2 Å². The second-order valence-corrected chi connectivity index (χ2v) is 5.91. The first-order chi connectivity index (χ1) is 9.22. The van der Waals surface area contributed by atoms with E-state index >= 15 is 0 Å². The van der Waals surface area contributed by atoms with E-state index in [4.69, 9.17) is 22.1 Å². The van der Waals surface area contributed by atoms with Crippen molar-refractivity contribution in [3.05, 3.63) is 34.3 Å². The Morgan fingerprint density at radius 2 is 2.21 bits per heavy atom. The summed E-state index contributed by atoms with van der Waals surface area (Å²) in [7, 11) is 0. The van der Waals surface area contributed by atoms with Crippen molar-refractivity contribution in [2.75, 3.05) is 0 Å². The van der Waals surface area contributed by atoms with Gasteiger partial charge in [0.05, 0.1) is 12.7 Å². The fourth-order valence-corrected chi connectivity index (χ4v) is 3.06. The molecule has 0 bridgehead atoms. The van der Waals surface area contributed by atoms with Crippen molar-refractivity contribution < 1.29 is 4.74 Å². The molecule has 1 aliphatic rings. The summed E-state index contributed by atoms with van der Waals surface area (Å²) in [5.41, 5.74) is 7.73. The summed E-state index contributed by atoms with van der Waals surface area (Å²) in [5, 5.41) is 0.769. The summed E-state index contributed by atoms with van der Waals surface area (Å²) >= 11 is 6.25. The first kappa shape index (κ1) is 14.8. The van der Waals surface area contributed by atoms with Crippen LogP contribution in [-0.4, -0.2) is 6.10 Å². The van der Waals surface area contributed by atoms with Crippen LogP contribution in [-0.2, 0) is 17.9 Å². The van der Waals surface area contributed by atoms with E-state index in [-0.39, 0.29) is 0 Å². The molecule has 3 heteroatoms. The molecule has 2 atom stereocenters. The second-order valence-electron chi connectivity index (χ2n) is 5.50. The fraction of sp³-hybridized carbons (Fsp3) is 0.625. The highest BCUT2D eigenvalue weighted by atomic mass is 35.5. The van der Waals surface area contributed by atoms with Gasteiger partial charge in [-0.1, -0.05) is 49.9 Å². The molecule has 0 aliphatic heterocycles. The molecule has 2 N–H and O–H groups in total. The molecule has 1 fully saturated rings. The van der Waals surface area contributed by atoms with Crippen molar-refractivity contribution >= 4 is 11.6 Å². The Kier molecular flexibility index (Phi) is 5.68. The molecule has 2 rings (SSSR count). The Morgan fingerprint density at radius 3 is 2.89 bits per heavy atom. The van der Waals surface area contributed by atoms with Gasteiger partial charge in [-0.25, -0.2) is 0 Å². The molecule has 1 aromatic carbocycles. The summed E-state index contributed by atoms with van der Waals surface area (Å²) in [6, 6.07) is 6.00. The molecule has 106 valence electrons. The van der Waals surface area contributed by atoms with Gasteiger partial charge in [-0.3, -0.25) is 0 Å². The van der Waals surface area contributed by atoms with E-state index in [2.05, 4.69) is 6.92 Å². The van der Waals surface area contributed by atoms with Crippen molar-refractivity contribution in [3.63, 3.8) is 0 Å². The largest absolute Gasteiger partial charge is 0.373 e. The molecule has 19 heavy (non-hydrogen) atoms. The lowest BCUT2D eigenvalue weighted by atomic mass is 9.85. The Bertz CT molecular complexity index is 408. The highest BCUT2D eigenvalue weighted by Crippen LogP contribution is 2.29. The summed E-state index contributed by atoms with van der Waals surface area (Å²) in [6.07, 6.45) is 6.73. The minimum absolute atomic E-state index is 0.406. The molecule has 1 aliphatic carbocycles. The average Bonchev–Trinajstić information content (AvgIpc) is 2.46. The highest BCUT2D eigenvalue weighted by molar-refractivity contribution is 6.31. The first-order valence-corrected chi connectivity index (χ1v) is 7.69. The molecule has 0 aromatic heterocycles. The van der Waals surface area contributed by atoms with Gasteiger partial charge in [0.1, 0.15) is 0 Å². The zero-order valence-corrected chi connectivity index (χ0v) is 12.5. The first-order valence-electron chi connectivity index (χ1n) is 7.32. The smallest absolute Gasteiger partial charge is 0.0735 e. The van der Waals surface area contributed by atoms with Crippen LogP contribution in [0.4, 0.5) is 0 Å². The molecule has 1 saturated carbocycles. The highest BCUT2D eigenvalue weighted by Gasteiger charge is 2.21.